The van der Waals surface area contributed by atoms with E-state index in [9.17, 15) is 19.2 Å². The smallest absolute Gasteiger partial charge is 0.338 e. The van der Waals surface area contributed by atoms with Gasteiger partial charge in [0.25, 0.3) is 11.8 Å². The molecule has 0 spiro atoms. The van der Waals surface area contributed by atoms with Crippen LogP contribution in [0.4, 0.5) is 11.4 Å². The van der Waals surface area contributed by atoms with Crippen LogP contribution in [-0.4, -0.2) is 36.5 Å². The lowest BCUT2D eigenvalue weighted by molar-refractivity contribution is -0.120. The molecule has 4 rings (SSSR count). The first-order valence-electron chi connectivity index (χ1n) is 12.4. The third-order valence-electron chi connectivity index (χ3n) is 5.63. The Labute approximate surface area is 231 Å². The minimum Gasteiger partial charge on any atom is -0.462 e. The van der Waals surface area contributed by atoms with Gasteiger partial charge in [-0.1, -0.05) is 35.5 Å². The number of rotatable bonds is 9. The van der Waals surface area contributed by atoms with Crippen LogP contribution in [0.15, 0.2) is 88.3 Å². The Balaban J connectivity index is 1.68. The maximum absolute atomic E-state index is 13.6. The van der Waals surface area contributed by atoms with Gasteiger partial charge in [0.05, 0.1) is 29.5 Å². The molecule has 1 aliphatic rings. The van der Waals surface area contributed by atoms with E-state index in [1.807, 2.05) is 31.2 Å². The number of nitrogens with one attached hydrogen (secondary N) is 1. The number of thioether (sulfide) groups is 1. The highest BCUT2D eigenvalue weighted by molar-refractivity contribution is 8.04. The third-order valence-corrected chi connectivity index (χ3v) is 6.72. The first-order valence-corrected chi connectivity index (χ1v) is 13.2. The number of amides is 2. The molecule has 200 valence electrons. The first kappa shape index (κ1) is 27.7. The summed E-state index contributed by atoms with van der Waals surface area (Å²) in [4.78, 5) is 53.8. The van der Waals surface area contributed by atoms with Crippen LogP contribution >= 0.6 is 11.8 Å². The Morgan fingerprint density at radius 3 is 2.23 bits per heavy atom. The molecule has 0 atom stereocenters. The summed E-state index contributed by atoms with van der Waals surface area (Å²) in [5.41, 5.74) is 2.52. The van der Waals surface area contributed by atoms with Crippen molar-refractivity contribution < 1.29 is 28.7 Å². The normalized spacial score (nSPS) is 13.2. The van der Waals surface area contributed by atoms with Crippen molar-refractivity contribution in [2.75, 3.05) is 16.8 Å². The number of hydrogen-bond acceptors (Lipinski definition) is 8. The van der Waals surface area contributed by atoms with Gasteiger partial charge in [-0.05, 0) is 82.3 Å². The van der Waals surface area contributed by atoms with E-state index in [-0.39, 0.29) is 23.3 Å². The maximum atomic E-state index is 13.6. The number of carbonyl (C=O) groups excluding carboxylic acids is 4. The molecule has 1 N–H and O–H groups in total. The highest BCUT2D eigenvalue weighted by Crippen LogP contribution is 2.38. The van der Waals surface area contributed by atoms with Crippen molar-refractivity contribution in [2.24, 2.45) is 0 Å². The molecular weight excluding hydrogens is 516 g/mol. The van der Waals surface area contributed by atoms with Crippen molar-refractivity contribution in [3.8, 4) is 0 Å². The van der Waals surface area contributed by atoms with Crippen LogP contribution in [0.5, 0.6) is 0 Å². The molecule has 0 saturated heterocycles. The summed E-state index contributed by atoms with van der Waals surface area (Å²) in [5, 5.41) is 3.06. The predicted octanol–water partition coefficient (Wildman–Crippen LogP) is 5.73. The van der Waals surface area contributed by atoms with E-state index in [0.717, 1.165) is 15.4 Å². The lowest BCUT2D eigenvalue weighted by Gasteiger charge is -2.16. The van der Waals surface area contributed by atoms with Crippen LogP contribution in [0.1, 0.15) is 47.1 Å². The summed E-state index contributed by atoms with van der Waals surface area (Å²) in [5.74, 6) is -2.05. The fourth-order valence-electron chi connectivity index (χ4n) is 3.78. The second-order valence-corrected chi connectivity index (χ2v) is 10.1. The zero-order chi connectivity index (χ0) is 28.1. The van der Waals surface area contributed by atoms with Gasteiger partial charge in [-0.3, -0.25) is 9.59 Å². The van der Waals surface area contributed by atoms with Crippen molar-refractivity contribution in [3.05, 3.63) is 100 Å². The number of imide groups is 1. The van der Waals surface area contributed by atoms with Gasteiger partial charge in [0.2, 0.25) is 0 Å². The second kappa shape index (κ2) is 12.0. The van der Waals surface area contributed by atoms with E-state index in [0.29, 0.717) is 22.5 Å². The second-order valence-electron chi connectivity index (χ2n) is 8.99. The molecule has 1 heterocycles. The molecule has 0 saturated carbocycles. The number of anilines is 2. The number of carbonyl (C=O) groups is 4. The van der Waals surface area contributed by atoms with Gasteiger partial charge >= 0.3 is 11.9 Å². The Bertz CT molecular complexity index is 1450. The van der Waals surface area contributed by atoms with Gasteiger partial charge < -0.3 is 14.8 Å². The first-order chi connectivity index (χ1) is 18.7. The van der Waals surface area contributed by atoms with E-state index >= 15 is 0 Å². The topological polar surface area (TPSA) is 102 Å². The molecule has 0 radical (unpaired) electrons. The zero-order valence-corrected chi connectivity index (χ0v) is 22.8. The molecule has 39 heavy (non-hydrogen) atoms. The van der Waals surface area contributed by atoms with Crippen molar-refractivity contribution in [1.29, 1.82) is 0 Å². The number of ether oxygens (including phenoxy) is 2. The minimum absolute atomic E-state index is 0.0786. The Morgan fingerprint density at radius 1 is 0.897 bits per heavy atom. The predicted molar refractivity (Wildman–Crippen MR) is 150 cm³/mol. The minimum atomic E-state index is -0.561. The van der Waals surface area contributed by atoms with E-state index in [1.54, 1.807) is 45.0 Å². The highest BCUT2D eigenvalue weighted by atomic mass is 32.2. The molecule has 0 unspecified atom stereocenters. The average Bonchev–Trinajstić information content (AvgIpc) is 3.13. The largest absolute Gasteiger partial charge is 0.462 e. The van der Waals surface area contributed by atoms with Crippen molar-refractivity contribution >= 4 is 46.9 Å². The van der Waals surface area contributed by atoms with Crippen LogP contribution in [0.25, 0.3) is 0 Å². The summed E-state index contributed by atoms with van der Waals surface area (Å²) in [6, 6.07) is 20.2. The van der Waals surface area contributed by atoms with Gasteiger partial charge in [0.1, 0.15) is 10.6 Å². The molecule has 0 fully saturated rings. The van der Waals surface area contributed by atoms with Crippen LogP contribution in [0, 0.1) is 6.92 Å². The molecule has 8 nitrogen and oxygen atoms in total. The summed E-state index contributed by atoms with van der Waals surface area (Å²) in [6.45, 7) is 7.42. The summed E-state index contributed by atoms with van der Waals surface area (Å²) >= 11 is 1.17. The van der Waals surface area contributed by atoms with Gasteiger partial charge in [-0.15, -0.1) is 0 Å². The zero-order valence-electron chi connectivity index (χ0n) is 22.0. The van der Waals surface area contributed by atoms with Crippen LogP contribution < -0.4 is 10.2 Å². The number of nitrogens with zero attached hydrogens (tertiary/aromatic N) is 1. The molecule has 0 aliphatic carbocycles. The summed E-state index contributed by atoms with van der Waals surface area (Å²) in [7, 11) is 0. The highest BCUT2D eigenvalue weighted by Gasteiger charge is 2.40. The number of hydrogen-bond donors (Lipinski definition) is 1. The monoisotopic (exact) mass is 544 g/mol. The Kier molecular flexibility index (Phi) is 8.51. The summed E-state index contributed by atoms with van der Waals surface area (Å²) in [6.07, 6.45) is -0.277. The molecule has 9 heteroatoms. The van der Waals surface area contributed by atoms with Gasteiger partial charge in [0.15, 0.2) is 0 Å². The molecule has 0 bridgehead atoms. The van der Waals surface area contributed by atoms with Crippen molar-refractivity contribution in [2.45, 2.75) is 38.7 Å². The fraction of sp³-hybridized carbons (Fsp3) is 0.200. The summed E-state index contributed by atoms with van der Waals surface area (Å²) < 4.78 is 10.3. The Hall–Kier alpha value is -4.37. The Morgan fingerprint density at radius 2 is 1.59 bits per heavy atom. The standard InChI is InChI=1S/C30H28N2O6S/c1-5-37-29(35)21-7-6-8-22(17-21)31-25-26(39-24-15-9-19(4)10-16-24)28(34)32(27(25)33)23-13-11-20(12-14-23)30(36)38-18(2)3/h6-18,31H,5H2,1-4H3. The SMILES string of the molecule is CCOC(=O)c1cccc(NC2=C(Sc3ccc(C)cc3)C(=O)N(c3ccc(C(=O)OC(C)C)cc3)C2=O)c1. The lowest BCUT2D eigenvalue weighted by atomic mass is 10.2. The van der Waals surface area contributed by atoms with Gasteiger partial charge in [-0.25, -0.2) is 14.5 Å². The van der Waals surface area contributed by atoms with E-state index in [2.05, 4.69) is 5.32 Å². The van der Waals surface area contributed by atoms with Crippen LogP contribution in [-0.2, 0) is 19.1 Å². The van der Waals surface area contributed by atoms with E-state index in [1.165, 1.54) is 36.0 Å². The number of esters is 2. The van der Waals surface area contributed by atoms with Gasteiger partial charge in [-0.2, -0.15) is 0 Å². The number of benzene rings is 3. The average molecular weight is 545 g/mol. The van der Waals surface area contributed by atoms with Crippen LogP contribution in [0.2, 0.25) is 0 Å². The lowest BCUT2D eigenvalue weighted by Crippen LogP contribution is -2.32. The molecule has 3 aromatic carbocycles. The van der Waals surface area contributed by atoms with Crippen molar-refractivity contribution in [3.63, 3.8) is 0 Å². The molecular formula is C30H28N2O6S. The van der Waals surface area contributed by atoms with E-state index in [4.69, 9.17) is 9.47 Å². The molecule has 0 aromatic heterocycles. The molecule has 1 aliphatic heterocycles. The third kappa shape index (κ3) is 6.38. The molecule has 3 aromatic rings. The molecule has 2 amide bonds. The van der Waals surface area contributed by atoms with Crippen LogP contribution in [0.3, 0.4) is 0 Å². The quantitative estimate of drug-likeness (QED) is 0.269. The van der Waals surface area contributed by atoms with Gasteiger partial charge in [0, 0.05) is 10.6 Å². The van der Waals surface area contributed by atoms with Crippen molar-refractivity contribution in [1.82, 2.24) is 0 Å². The maximum Gasteiger partial charge on any atom is 0.338 e. The number of aryl methyl sites for hydroxylation is 1. The fourth-order valence-corrected chi connectivity index (χ4v) is 4.71. The van der Waals surface area contributed by atoms with E-state index < -0.39 is 23.8 Å².